The topological polar surface area (TPSA) is 94.4 Å². The van der Waals surface area contributed by atoms with E-state index >= 15 is 0 Å². The largest absolute Gasteiger partial charge is 0.378 e. The summed E-state index contributed by atoms with van der Waals surface area (Å²) in [4.78, 5) is 2.00. The van der Waals surface area contributed by atoms with E-state index in [-0.39, 0.29) is 0 Å². The van der Waals surface area contributed by atoms with Crippen LogP contribution in [-0.4, -0.2) is 32.9 Å². The van der Waals surface area contributed by atoms with Crippen LogP contribution in [-0.2, 0) is 10.1 Å². The highest BCUT2D eigenvalue weighted by Gasteiger charge is 2.03. The molecule has 0 aliphatic heterocycles. The summed E-state index contributed by atoms with van der Waals surface area (Å²) < 4.78 is 30.0. The minimum atomic E-state index is -4.04. The fourth-order valence-corrected chi connectivity index (χ4v) is 2.10. The molecule has 0 radical (unpaired) electrons. The second-order valence-corrected chi connectivity index (χ2v) is 6.51. The molecule has 2 aromatic carbocycles. The lowest BCUT2D eigenvalue weighted by atomic mass is 10.3. The Morgan fingerprint density at radius 2 is 1.43 bits per heavy atom. The lowest BCUT2D eigenvalue weighted by Gasteiger charge is -2.11. The predicted octanol–water partition coefficient (Wildman–Crippen LogP) is 3.43. The summed E-state index contributed by atoms with van der Waals surface area (Å²) in [6.45, 7) is 0. The van der Waals surface area contributed by atoms with Crippen molar-refractivity contribution in [3.8, 4) is 0 Å². The number of rotatable bonds is 6. The number of azo groups is 1. The van der Waals surface area contributed by atoms with Gasteiger partial charge >= 0.3 is 0 Å². The molecule has 0 amide bonds. The van der Waals surface area contributed by atoms with E-state index in [0.717, 1.165) is 11.4 Å². The van der Waals surface area contributed by atoms with Crippen molar-refractivity contribution in [2.45, 2.75) is 0 Å². The fourth-order valence-electron chi connectivity index (χ4n) is 1.75. The summed E-state index contributed by atoms with van der Waals surface area (Å²) >= 11 is 0. The fraction of sp³-hybridized carbons (Fsp3) is 0.200. The molecule has 0 unspecified atom stereocenters. The Balaban J connectivity index is 1.99. The standard InChI is InChI=1S/C15H18N4O3S/c1-19(2)15-9-7-14(8-10-15)18-17-13-5-3-12(4-6-13)16-11-23(20,21)22/h3-10,16H,11H2,1-2H3,(H,20,21,22). The van der Waals surface area contributed by atoms with E-state index < -0.39 is 16.0 Å². The van der Waals surface area contributed by atoms with Gasteiger partial charge in [-0.05, 0) is 48.5 Å². The van der Waals surface area contributed by atoms with Gasteiger partial charge in [0.2, 0.25) is 0 Å². The van der Waals surface area contributed by atoms with Gasteiger partial charge < -0.3 is 10.2 Å². The van der Waals surface area contributed by atoms with Gasteiger partial charge in [-0.1, -0.05) is 0 Å². The summed E-state index contributed by atoms with van der Waals surface area (Å²) in [6, 6.07) is 14.4. The predicted molar refractivity (Wildman–Crippen MR) is 91.4 cm³/mol. The number of anilines is 2. The molecule has 8 heteroatoms. The zero-order chi connectivity index (χ0) is 16.9. The molecule has 0 aliphatic rings. The number of hydrogen-bond acceptors (Lipinski definition) is 6. The highest BCUT2D eigenvalue weighted by atomic mass is 32.2. The second kappa shape index (κ2) is 7.21. The van der Waals surface area contributed by atoms with Gasteiger partial charge in [-0.15, -0.1) is 0 Å². The van der Waals surface area contributed by atoms with Crippen LogP contribution in [0.4, 0.5) is 22.7 Å². The van der Waals surface area contributed by atoms with Gasteiger partial charge in [0.25, 0.3) is 10.1 Å². The Kier molecular flexibility index (Phi) is 5.30. The molecule has 0 atom stereocenters. The van der Waals surface area contributed by atoms with Gasteiger partial charge in [0.15, 0.2) is 0 Å². The summed E-state index contributed by atoms with van der Waals surface area (Å²) in [5.41, 5.74) is 3.03. The molecule has 122 valence electrons. The van der Waals surface area contributed by atoms with E-state index in [1.54, 1.807) is 24.3 Å². The number of nitrogens with one attached hydrogen (secondary N) is 1. The normalized spacial score (nSPS) is 11.6. The van der Waals surface area contributed by atoms with Crippen LogP contribution in [0.5, 0.6) is 0 Å². The van der Waals surface area contributed by atoms with Crippen LogP contribution >= 0.6 is 0 Å². The Hall–Kier alpha value is -2.45. The molecule has 0 spiro atoms. The Bertz CT molecular complexity index is 769. The third kappa shape index (κ3) is 5.68. The summed E-state index contributed by atoms with van der Waals surface area (Å²) in [5, 5.41) is 10.8. The Labute approximate surface area is 135 Å². The third-order valence-electron chi connectivity index (χ3n) is 2.97. The quantitative estimate of drug-likeness (QED) is 0.623. The zero-order valence-corrected chi connectivity index (χ0v) is 13.7. The number of hydrogen-bond donors (Lipinski definition) is 2. The molecule has 0 heterocycles. The number of benzene rings is 2. The molecule has 23 heavy (non-hydrogen) atoms. The molecule has 0 aromatic heterocycles. The summed E-state index contributed by atoms with van der Waals surface area (Å²) in [5.74, 6) is -0.536. The third-order valence-corrected chi connectivity index (χ3v) is 3.48. The van der Waals surface area contributed by atoms with Crippen LogP contribution < -0.4 is 10.2 Å². The molecule has 2 aromatic rings. The molecule has 0 fully saturated rings. The van der Waals surface area contributed by atoms with Crippen LogP contribution in [0, 0.1) is 0 Å². The lowest BCUT2D eigenvalue weighted by Crippen LogP contribution is -2.12. The van der Waals surface area contributed by atoms with E-state index in [1.165, 1.54) is 0 Å². The molecular weight excluding hydrogens is 316 g/mol. The van der Waals surface area contributed by atoms with Crippen molar-refractivity contribution in [2.24, 2.45) is 10.2 Å². The van der Waals surface area contributed by atoms with E-state index in [0.29, 0.717) is 11.4 Å². The van der Waals surface area contributed by atoms with Crippen molar-refractivity contribution in [1.29, 1.82) is 0 Å². The smallest absolute Gasteiger partial charge is 0.283 e. The van der Waals surface area contributed by atoms with Crippen molar-refractivity contribution in [3.05, 3.63) is 48.5 Å². The maximum Gasteiger partial charge on any atom is 0.283 e. The molecule has 0 bridgehead atoms. The van der Waals surface area contributed by atoms with Crippen LogP contribution in [0.1, 0.15) is 0 Å². The summed E-state index contributed by atoms with van der Waals surface area (Å²) in [7, 11) is -0.112. The molecule has 7 nitrogen and oxygen atoms in total. The SMILES string of the molecule is CN(C)c1ccc(N=Nc2ccc(NCS(=O)(=O)O)cc2)cc1. The van der Waals surface area contributed by atoms with Crippen molar-refractivity contribution >= 4 is 32.9 Å². The molecular formula is C15H18N4O3S. The minimum Gasteiger partial charge on any atom is -0.378 e. The Morgan fingerprint density at radius 3 is 1.87 bits per heavy atom. The van der Waals surface area contributed by atoms with Gasteiger partial charge in [-0.2, -0.15) is 18.6 Å². The second-order valence-electron chi connectivity index (χ2n) is 5.06. The molecule has 2 rings (SSSR count). The first kappa shape index (κ1) is 16.9. The van der Waals surface area contributed by atoms with E-state index in [2.05, 4.69) is 15.5 Å². The first-order valence-corrected chi connectivity index (χ1v) is 8.43. The zero-order valence-electron chi connectivity index (χ0n) is 12.8. The van der Waals surface area contributed by atoms with Crippen molar-refractivity contribution < 1.29 is 13.0 Å². The molecule has 2 N–H and O–H groups in total. The van der Waals surface area contributed by atoms with E-state index in [4.69, 9.17) is 4.55 Å². The van der Waals surface area contributed by atoms with Crippen LogP contribution in [0.2, 0.25) is 0 Å². The highest BCUT2D eigenvalue weighted by Crippen LogP contribution is 2.22. The van der Waals surface area contributed by atoms with E-state index in [1.807, 2.05) is 43.3 Å². The van der Waals surface area contributed by atoms with Gasteiger partial charge in [0.05, 0.1) is 11.4 Å². The molecule has 0 saturated heterocycles. The van der Waals surface area contributed by atoms with Gasteiger partial charge in [-0.3, -0.25) is 4.55 Å². The molecule has 0 aliphatic carbocycles. The first-order chi connectivity index (χ1) is 10.8. The average Bonchev–Trinajstić information content (AvgIpc) is 2.51. The maximum absolute atomic E-state index is 10.7. The highest BCUT2D eigenvalue weighted by molar-refractivity contribution is 7.85. The number of nitrogens with zero attached hydrogens (tertiary/aromatic N) is 3. The van der Waals surface area contributed by atoms with Crippen molar-refractivity contribution in [3.63, 3.8) is 0 Å². The van der Waals surface area contributed by atoms with Gasteiger partial charge in [-0.25, -0.2) is 0 Å². The van der Waals surface area contributed by atoms with Gasteiger partial charge in [0, 0.05) is 25.5 Å². The van der Waals surface area contributed by atoms with E-state index in [9.17, 15) is 8.42 Å². The average molecular weight is 334 g/mol. The van der Waals surface area contributed by atoms with Crippen molar-refractivity contribution in [1.82, 2.24) is 0 Å². The Morgan fingerprint density at radius 1 is 0.957 bits per heavy atom. The monoisotopic (exact) mass is 334 g/mol. The lowest BCUT2D eigenvalue weighted by molar-refractivity contribution is 0.485. The van der Waals surface area contributed by atoms with Crippen LogP contribution in [0.15, 0.2) is 58.8 Å². The maximum atomic E-state index is 10.7. The van der Waals surface area contributed by atoms with Gasteiger partial charge in [0.1, 0.15) is 5.88 Å². The summed E-state index contributed by atoms with van der Waals surface area (Å²) in [6.07, 6.45) is 0. The molecule has 0 saturated carbocycles. The first-order valence-electron chi connectivity index (χ1n) is 6.82. The van der Waals surface area contributed by atoms with Crippen LogP contribution in [0.3, 0.4) is 0 Å². The van der Waals surface area contributed by atoms with Crippen molar-refractivity contribution in [2.75, 3.05) is 30.2 Å². The minimum absolute atomic E-state index is 0.536. The van der Waals surface area contributed by atoms with Crippen LogP contribution in [0.25, 0.3) is 0 Å².